The molecule has 0 aromatic heterocycles. The molecule has 0 saturated carbocycles. The lowest BCUT2D eigenvalue weighted by atomic mass is 10.1. The molecule has 2 rings (SSSR count). The number of aryl methyl sites for hydroxylation is 1. The fourth-order valence-electron chi connectivity index (χ4n) is 1.84. The molecule has 0 bridgehead atoms. The van der Waals surface area contributed by atoms with Crippen LogP contribution < -0.4 is 14.2 Å². The van der Waals surface area contributed by atoms with Crippen LogP contribution in [0.15, 0.2) is 12.1 Å². The molecule has 1 aliphatic heterocycles. The Balaban J connectivity index is 2.14. The van der Waals surface area contributed by atoms with Gasteiger partial charge in [-0.25, -0.2) is 0 Å². The second-order valence-corrected chi connectivity index (χ2v) is 3.74. The quantitative estimate of drug-likeness (QED) is 0.847. The van der Waals surface area contributed by atoms with Crippen molar-refractivity contribution in [1.29, 1.82) is 0 Å². The first-order valence-electron chi connectivity index (χ1n) is 5.39. The summed E-state index contributed by atoms with van der Waals surface area (Å²) in [5, 5.41) is 8.60. The summed E-state index contributed by atoms with van der Waals surface area (Å²) in [6.07, 6.45) is 1.37. The van der Waals surface area contributed by atoms with Crippen molar-refractivity contribution < 1.29 is 24.1 Å². The fraction of sp³-hybridized carbons (Fsp3) is 0.417. The molecule has 0 atom stereocenters. The van der Waals surface area contributed by atoms with E-state index in [0.717, 1.165) is 5.56 Å². The molecule has 0 amide bonds. The second kappa shape index (κ2) is 4.95. The summed E-state index contributed by atoms with van der Waals surface area (Å²) >= 11 is 0. The average Bonchev–Trinajstić information content (AvgIpc) is 2.76. The number of carboxylic acids is 1. The van der Waals surface area contributed by atoms with Gasteiger partial charge in [0.15, 0.2) is 11.5 Å². The van der Waals surface area contributed by atoms with E-state index in [-0.39, 0.29) is 13.2 Å². The van der Waals surface area contributed by atoms with Gasteiger partial charge in [-0.2, -0.15) is 0 Å². The van der Waals surface area contributed by atoms with Crippen LogP contribution in [0.4, 0.5) is 0 Å². The molecule has 0 saturated heterocycles. The zero-order valence-electron chi connectivity index (χ0n) is 9.56. The van der Waals surface area contributed by atoms with E-state index < -0.39 is 5.97 Å². The minimum atomic E-state index is -0.787. The highest BCUT2D eigenvalue weighted by molar-refractivity contribution is 5.66. The van der Waals surface area contributed by atoms with Gasteiger partial charge in [-0.3, -0.25) is 4.79 Å². The molecule has 1 aliphatic rings. The predicted molar refractivity (Wildman–Crippen MR) is 59.7 cm³/mol. The molecule has 92 valence electrons. The Hall–Kier alpha value is -1.91. The van der Waals surface area contributed by atoms with Crippen LogP contribution in [0.1, 0.15) is 18.4 Å². The van der Waals surface area contributed by atoms with Crippen LogP contribution in [0.3, 0.4) is 0 Å². The molecule has 1 aromatic carbocycles. The van der Waals surface area contributed by atoms with E-state index in [1.165, 1.54) is 0 Å². The van der Waals surface area contributed by atoms with Crippen molar-refractivity contribution in [3.8, 4) is 17.2 Å². The molecule has 1 heterocycles. The number of rotatable bonds is 5. The lowest BCUT2D eigenvalue weighted by Gasteiger charge is -2.10. The highest BCUT2D eigenvalue weighted by atomic mass is 16.7. The van der Waals surface area contributed by atoms with Gasteiger partial charge in [0.1, 0.15) is 0 Å². The maximum absolute atomic E-state index is 10.5. The Kier molecular flexibility index (Phi) is 3.37. The lowest BCUT2D eigenvalue weighted by Crippen LogP contribution is -1.98. The number of fused-ring (bicyclic) bond motifs is 1. The molecular weight excluding hydrogens is 224 g/mol. The van der Waals surface area contributed by atoms with Crippen LogP contribution in [-0.2, 0) is 11.2 Å². The van der Waals surface area contributed by atoms with Crippen LogP contribution in [0.2, 0.25) is 0 Å². The molecule has 1 aromatic rings. The van der Waals surface area contributed by atoms with Gasteiger partial charge in [0, 0.05) is 6.42 Å². The standard InChI is InChI=1S/C12H14O5/c1-15-11-8(3-2-4-10(13)14)5-6-9-12(11)17-7-16-9/h5-6H,2-4,7H2,1H3,(H,13,14). The first kappa shape index (κ1) is 11.6. The van der Waals surface area contributed by atoms with Crippen molar-refractivity contribution in [2.75, 3.05) is 13.9 Å². The van der Waals surface area contributed by atoms with Gasteiger partial charge >= 0.3 is 5.97 Å². The van der Waals surface area contributed by atoms with Crippen LogP contribution in [0.25, 0.3) is 0 Å². The van der Waals surface area contributed by atoms with Crippen LogP contribution in [0, 0.1) is 0 Å². The van der Waals surface area contributed by atoms with Gasteiger partial charge in [-0.15, -0.1) is 0 Å². The third-order valence-electron chi connectivity index (χ3n) is 2.62. The van der Waals surface area contributed by atoms with E-state index >= 15 is 0 Å². The molecular formula is C12H14O5. The smallest absolute Gasteiger partial charge is 0.303 e. The molecule has 17 heavy (non-hydrogen) atoms. The summed E-state index contributed by atoms with van der Waals surface area (Å²) in [7, 11) is 1.57. The van der Waals surface area contributed by atoms with Crippen molar-refractivity contribution in [3.63, 3.8) is 0 Å². The van der Waals surface area contributed by atoms with E-state index in [2.05, 4.69) is 0 Å². The maximum atomic E-state index is 10.5. The monoisotopic (exact) mass is 238 g/mol. The fourth-order valence-corrected chi connectivity index (χ4v) is 1.84. The third kappa shape index (κ3) is 2.43. The van der Waals surface area contributed by atoms with E-state index in [9.17, 15) is 4.79 Å². The summed E-state index contributed by atoms with van der Waals surface area (Å²) in [6, 6.07) is 3.70. The van der Waals surface area contributed by atoms with Crippen molar-refractivity contribution in [2.24, 2.45) is 0 Å². The van der Waals surface area contributed by atoms with Crippen molar-refractivity contribution >= 4 is 5.97 Å². The Morgan fingerprint density at radius 2 is 2.29 bits per heavy atom. The summed E-state index contributed by atoms with van der Waals surface area (Å²) in [5.74, 6) is 1.14. The minimum absolute atomic E-state index is 0.150. The van der Waals surface area contributed by atoms with E-state index in [1.54, 1.807) is 7.11 Å². The summed E-state index contributed by atoms with van der Waals surface area (Å²) in [4.78, 5) is 10.5. The first-order valence-corrected chi connectivity index (χ1v) is 5.39. The van der Waals surface area contributed by atoms with Crippen LogP contribution in [-0.4, -0.2) is 25.0 Å². The van der Waals surface area contributed by atoms with Gasteiger partial charge in [0.25, 0.3) is 0 Å². The number of hydrogen-bond acceptors (Lipinski definition) is 4. The topological polar surface area (TPSA) is 65.0 Å². The van der Waals surface area contributed by atoms with E-state index in [4.69, 9.17) is 19.3 Å². The van der Waals surface area contributed by atoms with E-state index in [1.807, 2.05) is 12.1 Å². The van der Waals surface area contributed by atoms with Gasteiger partial charge in [-0.1, -0.05) is 6.07 Å². The Morgan fingerprint density at radius 1 is 1.47 bits per heavy atom. The predicted octanol–water partition coefficient (Wildman–Crippen LogP) is 1.83. The number of methoxy groups -OCH3 is 1. The molecule has 5 heteroatoms. The third-order valence-corrected chi connectivity index (χ3v) is 2.62. The van der Waals surface area contributed by atoms with E-state index in [0.29, 0.717) is 30.1 Å². The van der Waals surface area contributed by atoms with Gasteiger partial charge in [-0.05, 0) is 24.5 Å². The number of carbonyl (C=O) groups is 1. The van der Waals surface area contributed by atoms with Gasteiger partial charge in [0.2, 0.25) is 12.5 Å². The Bertz CT molecular complexity index is 427. The minimum Gasteiger partial charge on any atom is -0.492 e. The Labute approximate surface area is 98.9 Å². The van der Waals surface area contributed by atoms with Crippen LogP contribution in [0.5, 0.6) is 17.2 Å². The van der Waals surface area contributed by atoms with Crippen molar-refractivity contribution in [3.05, 3.63) is 17.7 Å². The summed E-state index contributed by atoms with van der Waals surface area (Å²) < 4.78 is 15.9. The highest BCUT2D eigenvalue weighted by Gasteiger charge is 2.21. The molecule has 0 fully saturated rings. The van der Waals surface area contributed by atoms with Gasteiger partial charge < -0.3 is 19.3 Å². The normalized spacial score (nSPS) is 12.5. The number of aliphatic carboxylic acids is 1. The SMILES string of the molecule is COc1c(CCCC(=O)O)ccc2c1OCO2. The average molecular weight is 238 g/mol. The summed E-state index contributed by atoms with van der Waals surface area (Å²) in [6.45, 7) is 0.199. The Morgan fingerprint density at radius 3 is 3.00 bits per heavy atom. The zero-order chi connectivity index (χ0) is 12.3. The summed E-state index contributed by atoms with van der Waals surface area (Å²) in [5.41, 5.74) is 0.943. The number of benzene rings is 1. The molecule has 1 N–H and O–H groups in total. The first-order chi connectivity index (χ1) is 8.22. The highest BCUT2D eigenvalue weighted by Crippen LogP contribution is 2.43. The van der Waals surface area contributed by atoms with Crippen molar-refractivity contribution in [2.45, 2.75) is 19.3 Å². The number of hydrogen-bond donors (Lipinski definition) is 1. The number of ether oxygens (including phenoxy) is 3. The molecule has 0 aliphatic carbocycles. The largest absolute Gasteiger partial charge is 0.492 e. The molecule has 5 nitrogen and oxygen atoms in total. The lowest BCUT2D eigenvalue weighted by molar-refractivity contribution is -0.137. The van der Waals surface area contributed by atoms with Crippen LogP contribution >= 0.6 is 0 Å². The van der Waals surface area contributed by atoms with Gasteiger partial charge in [0.05, 0.1) is 7.11 Å². The molecule has 0 radical (unpaired) electrons. The number of carboxylic acid groups (broad SMARTS) is 1. The second-order valence-electron chi connectivity index (χ2n) is 3.74. The molecule has 0 spiro atoms. The molecule has 0 unspecified atom stereocenters. The van der Waals surface area contributed by atoms with Crippen molar-refractivity contribution in [1.82, 2.24) is 0 Å². The zero-order valence-corrected chi connectivity index (χ0v) is 9.56. The maximum Gasteiger partial charge on any atom is 0.303 e.